The fourth-order valence-corrected chi connectivity index (χ4v) is 0.659. The molecule has 0 aliphatic carbocycles. The van der Waals surface area contributed by atoms with Crippen molar-refractivity contribution in [3.63, 3.8) is 0 Å². The van der Waals surface area contributed by atoms with Gasteiger partial charge in [0.2, 0.25) is 0 Å². The lowest BCUT2D eigenvalue weighted by molar-refractivity contribution is 0.178. The second-order valence-corrected chi connectivity index (χ2v) is 2.59. The summed E-state index contributed by atoms with van der Waals surface area (Å²) in [4.78, 5) is 0. The number of aliphatic hydroxyl groups excluding tert-OH is 1. The predicted molar refractivity (Wildman–Crippen MR) is 46.4 cm³/mol. The number of rotatable bonds is 4. The molecule has 2 atom stereocenters. The quantitative estimate of drug-likeness (QED) is 0.663. The highest BCUT2D eigenvalue weighted by Gasteiger charge is 2.00. The number of aliphatic hydroxyl groups is 1. The average molecular weight is 168 g/mol. The van der Waals surface area contributed by atoms with Crippen LogP contribution in [0.4, 0.5) is 0 Å². The lowest BCUT2D eigenvalue weighted by atomic mass is 10.1. The minimum absolute atomic E-state index is 0. The molecule has 2 nitrogen and oxygen atoms in total. The van der Waals surface area contributed by atoms with Gasteiger partial charge in [-0.2, -0.15) is 0 Å². The van der Waals surface area contributed by atoms with E-state index in [1.54, 1.807) is 6.92 Å². The van der Waals surface area contributed by atoms with E-state index in [-0.39, 0.29) is 24.6 Å². The van der Waals surface area contributed by atoms with Gasteiger partial charge in [0.1, 0.15) is 0 Å². The van der Waals surface area contributed by atoms with Crippen LogP contribution in [0, 0.1) is 0 Å². The number of hydrogen-bond donors (Lipinski definition) is 2. The predicted octanol–water partition coefficient (Wildman–Crippen LogP) is 1.31. The molecular formula is C7H18ClNO. The van der Waals surface area contributed by atoms with Gasteiger partial charge in [0, 0.05) is 6.04 Å². The number of nitrogens with two attached hydrogens (primary N) is 1. The molecule has 0 spiro atoms. The normalized spacial score (nSPS) is 15.6. The van der Waals surface area contributed by atoms with E-state index < -0.39 is 0 Å². The lowest BCUT2D eigenvalue weighted by Gasteiger charge is -2.08. The molecule has 10 heavy (non-hydrogen) atoms. The van der Waals surface area contributed by atoms with Crippen molar-refractivity contribution in [2.45, 2.75) is 45.3 Å². The van der Waals surface area contributed by atoms with Crippen molar-refractivity contribution in [3.8, 4) is 0 Å². The molecule has 3 N–H and O–H groups in total. The van der Waals surface area contributed by atoms with Gasteiger partial charge in [0.25, 0.3) is 0 Å². The molecule has 0 amide bonds. The molecule has 0 rings (SSSR count). The number of hydrogen-bond acceptors (Lipinski definition) is 2. The molecule has 0 saturated carbocycles. The Morgan fingerprint density at radius 2 is 1.90 bits per heavy atom. The van der Waals surface area contributed by atoms with Gasteiger partial charge in [-0.1, -0.05) is 6.92 Å². The minimum atomic E-state index is -0.192. The Morgan fingerprint density at radius 3 is 2.20 bits per heavy atom. The molecule has 0 aromatic rings. The van der Waals surface area contributed by atoms with Crippen molar-refractivity contribution in [1.29, 1.82) is 0 Å². The summed E-state index contributed by atoms with van der Waals surface area (Å²) in [5.41, 5.74) is 5.61. The van der Waals surface area contributed by atoms with E-state index in [0.29, 0.717) is 0 Å². The van der Waals surface area contributed by atoms with E-state index in [1.807, 2.05) is 0 Å². The first kappa shape index (κ1) is 12.8. The second kappa shape index (κ2) is 7.32. The molecule has 0 fully saturated rings. The smallest absolute Gasteiger partial charge is 0.0512 e. The third kappa shape index (κ3) is 8.21. The second-order valence-electron chi connectivity index (χ2n) is 2.59. The Hall–Kier alpha value is 0.210. The molecule has 0 aliphatic rings. The van der Waals surface area contributed by atoms with Crippen LogP contribution in [0.5, 0.6) is 0 Å². The molecule has 0 aromatic heterocycles. The SMILES string of the molecule is CCC(N)CCC(C)O.Cl. The summed E-state index contributed by atoms with van der Waals surface area (Å²) >= 11 is 0. The van der Waals surface area contributed by atoms with Gasteiger partial charge in [0.05, 0.1) is 6.10 Å². The summed E-state index contributed by atoms with van der Waals surface area (Å²) in [5.74, 6) is 0. The lowest BCUT2D eigenvalue weighted by Crippen LogP contribution is -2.20. The number of halogens is 1. The molecule has 0 aromatic carbocycles. The third-order valence-corrected chi connectivity index (χ3v) is 1.48. The Balaban J connectivity index is 0. The van der Waals surface area contributed by atoms with Gasteiger partial charge in [-0.3, -0.25) is 0 Å². The van der Waals surface area contributed by atoms with Crippen molar-refractivity contribution < 1.29 is 5.11 Å². The van der Waals surface area contributed by atoms with Crippen molar-refractivity contribution in [2.75, 3.05) is 0 Å². The largest absolute Gasteiger partial charge is 0.393 e. The van der Waals surface area contributed by atoms with Gasteiger partial charge >= 0.3 is 0 Å². The van der Waals surface area contributed by atoms with Gasteiger partial charge < -0.3 is 10.8 Å². The molecule has 3 heteroatoms. The van der Waals surface area contributed by atoms with E-state index in [0.717, 1.165) is 19.3 Å². The third-order valence-electron chi connectivity index (χ3n) is 1.48. The fourth-order valence-electron chi connectivity index (χ4n) is 0.659. The Kier molecular flexibility index (Phi) is 9.40. The Labute approximate surface area is 69.2 Å². The van der Waals surface area contributed by atoms with Crippen LogP contribution in [0.15, 0.2) is 0 Å². The van der Waals surface area contributed by atoms with Crippen LogP contribution >= 0.6 is 12.4 Å². The van der Waals surface area contributed by atoms with Gasteiger partial charge in [-0.15, -0.1) is 12.4 Å². The first-order chi connectivity index (χ1) is 4.16. The Bertz CT molecular complexity index is 68.6. The van der Waals surface area contributed by atoms with E-state index >= 15 is 0 Å². The summed E-state index contributed by atoms with van der Waals surface area (Å²) in [5, 5.41) is 8.84. The van der Waals surface area contributed by atoms with Crippen molar-refractivity contribution >= 4 is 12.4 Å². The average Bonchev–Trinajstić information content (AvgIpc) is 1.83. The zero-order valence-electron chi connectivity index (χ0n) is 6.71. The van der Waals surface area contributed by atoms with E-state index in [2.05, 4.69) is 6.92 Å². The highest BCUT2D eigenvalue weighted by Crippen LogP contribution is 2.00. The van der Waals surface area contributed by atoms with Crippen LogP contribution in [0.1, 0.15) is 33.1 Å². The fraction of sp³-hybridized carbons (Fsp3) is 1.00. The highest BCUT2D eigenvalue weighted by molar-refractivity contribution is 5.85. The molecule has 0 bridgehead atoms. The summed E-state index contributed by atoms with van der Waals surface area (Å²) in [6.07, 6.45) is 2.58. The maximum atomic E-state index is 8.84. The van der Waals surface area contributed by atoms with Gasteiger partial charge in [-0.05, 0) is 26.2 Å². The first-order valence-electron chi connectivity index (χ1n) is 3.60. The van der Waals surface area contributed by atoms with Gasteiger partial charge in [-0.25, -0.2) is 0 Å². The molecular weight excluding hydrogens is 150 g/mol. The topological polar surface area (TPSA) is 46.2 Å². The molecule has 2 unspecified atom stereocenters. The summed E-state index contributed by atoms with van der Waals surface area (Å²) in [6.45, 7) is 3.86. The van der Waals surface area contributed by atoms with Crippen LogP contribution in [0.25, 0.3) is 0 Å². The molecule has 0 heterocycles. The van der Waals surface area contributed by atoms with Crippen LogP contribution in [-0.4, -0.2) is 17.3 Å². The zero-order chi connectivity index (χ0) is 7.28. The summed E-state index contributed by atoms with van der Waals surface area (Å²) < 4.78 is 0. The summed E-state index contributed by atoms with van der Waals surface area (Å²) in [7, 11) is 0. The maximum Gasteiger partial charge on any atom is 0.0512 e. The standard InChI is InChI=1S/C7H17NO.ClH/c1-3-7(8)5-4-6(2)9;/h6-7,9H,3-5,8H2,1-2H3;1H. The van der Waals surface area contributed by atoms with Crippen LogP contribution in [0.2, 0.25) is 0 Å². The molecule has 64 valence electrons. The maximum absolute atomic E-state index is 8.84. The van der Waals surface area contributed by atoms with Crippen LogP contribution in [0.3, 0.4) is 0 Å². The van der Waals surface area contributed by atoms with Crippen molar-refractivity contribution in [3.05, 3.63) is 0 Å². The van der Waals surface area contributed by atoms with Gasteiger partial charge in [0.15, 0.2) is 0 Å². The van der Waals surface area contributed by atoms with Crippen LogP contribution < -0.4 is 5.73 Å². The monoisotopic (exact) mass is 167 g/mol. The highest BCUT2D eigenvalue weighted by atomic mass is 35.5. The molecule has 0 radical (unpaired) electrons. The van der Waals surface area contributed by atoms with E-state index in [9.17, 15) is 0 Å². The van der Waals surface area contributed by atoms with E-state index in [1.165, 1.54) is 0 Å². The van der Waals surface area contributed by atoms with Crippen LogP contribution in [-0.2, 0) is 0 Å². The molecule has 0 saturated heterocycles. The first-order valence-corrected chi connectivity index (χ1v) is 3.60. The molecule has 0 aliphatic heterocycles. The Morgan fingerprint density at radius 1 is 1.40 bits per heavy atom. The van der Waals surface area contributed by atoms with E-state index in [4.69, 9.17) is 10.8 Å². The zero-order valence-corrected chi connectivity index (χ0v) is 7.53. The minimum Gasteiger partial charge on any atom is -0.393 e. The summed E-state index contributed by atoms with van der Waals surface area (Å²) in [6, 6.07) is 0.277. The van der Waals surface area contributed by atoms with Crippen molar-refractivity contribution in [2.24, 2.45) is 5.73 Å². The van der Waals surface area contributed by atoms with Crippen molar-refractivity contribution in [1.82, 2.24) is 0 Å².